The lowest BCUT2D eigenvalue weighted by Gasteiger charge is -2.39. The first-order valence-electron chi connectivity index (χ1n) is 6.55. The number of hydrogen-bond donors (Lipinski definition) is 2. The van der Waals surface area contributed by atoms with Crippen molar-refractivity contribution in [1.82, 2.24) is 4.90 Å². The highest BCUT2D eigenvalue weighted by Crippen LogP contribution is 2.24. The maximum Gasteiger partial charge on any atom is 0.240 e. The van der Waals surface area contributed by atoms with E-state index in [9.17, 15) is 4.79 Å². The Bertz CT molecular complexity index is 259. The smallest absolute Gasteiger partial charge is 0.240 e. The van der Waals surface area contributed by atoms with Crippen molar-refractivity contribution in [2.45, 2.75) is 58.5 Å². The van der Waals surface area contributed by atoms with Gasteiger partial charge in [-0.05, 0) is 31.1 Å². The van der Waals surface area contributed by atoms with Crippen LogP contribution in [0.3, 0.4) is 0 Å². The summed E-state index contributed by atoms with van der Waals surface area (Å²) in [5.74, 6) is 0.0376. The maximum absolute atomic E-state index is 12.3. The number of rotatable bonds is 3. The normalized spacial score (nSPS) is 23.6. The van der Waals surface area contributed by atoms with E-state index in [0.717, 1.165) is 25.8 Å². The lowest BCUT2D eigenvalue weighted by molar-refractivity contribution is -0.139. The van der Waals surface area contributed by atoms with E-state index in [4.69, 9.17) is 10.8 Å². The number of carbonyl (C=O) groups is 1. The van der Waals surface area contributed by atoms with Crippen molar-refractivity contribution < 1.29 is 9.90 Å². The van der Waals surface area contributed by atoms with Crippen LogP contribution in [0.5, 0.6) is 0 Å². The van der Waals surface area contributed by atoms with Gasteiger partial charge >= 0.3 is 0 Å². The molecule has 1 aliphatic rings. The zero-order chi connectivity index (χ0) is 13.1. The second kappa shape index (κ2) is 5.83. The van der Waals surface area contributed by atoms with Gasteiger partial charge in [0.1, 0.15) is 0 Å². The Morgan fingerprint density at radius 3 is 2.65 bits per heavy atom. The molecular weight excluding hydrogens is 216 g/mol. The quantitative estimate of drug-likeness (QED) is 0.779. The third kappa shape index (κ3) is 3.68. The largest absolute Gasteiger partial charge is 0.396 e. The third-order valence-electron chi connectivity index (χ3n) is 3.57. The van der Waals surface area contributed by atoms with Gasteiger partial charge in [0.2, 0.25) is 5.91 Å². The van der Waals surface area contributed by atoms with Gasteiger partial charge in [-0.3, -0.25) is 4.79 Å². The summed E-state index contributed by atoms with van der Waals surface area (Å²) in [6, 6.07) is -0.281. The van der Waals surface area contributed by atoms with Crippen LogP contribution >= 0.6 is 0 Å². The van der Waals surface area contributed by atoms with Gasteiger partial charge in [0.05, 0.1) is 6.04 Å². The Balaban J connectivity index is 2.71. The molecule has 1 rings (SSSR count). The number of hydrogen-bond acceptors (Lipinski definition) is 3. The molecule has 2 atom stereocenters. The molecule has 0 aromatic rings. The van der Waals surface area contributed by atoms with E-state index in [2.05, 4.69) is 0 Å². The molecule has 3 N–H and O–H groups in total. The van der Waals surface area contributed by atoms with Crippen molar-refractivity contribution in [2.24, 2.45) is 11.1 Å². The van der Waals surface area contributed by atoms with Crippen molar-refractivity contribution in [1.29, 1.82) is 0 Å². The minimum atomic E-state index is -0.457. The standard InChI is InChI=1S/C13H26N2O2/c1-13(2,3)11(14)12(17)15-8-5-4-6-10(15)7-9-16/h10-11,16H,4-9,14H2,1-3H3/t10?,11-/m0/s1. The fourth-order valence-corrected chi connectivity index (χ4v) is 2.29. The molecule has 0 aromatic carbocycles. The van der Waals surface area contributed by atoms with E-state index < -0.39 is 6.04 Å². The number of nitrogens with zero attached hydrogens (tertiary/aromatic N) is 1. The molecule has 1 aliphatic heterocycles. The molecule has 1 saturated heterocycles. The molecule has 4 heteroatoms. The van der Waals surface area contributed by atoms with E-state index in [1.54, 1.807) is 0 Å². The Morgan fingerprint density at radius 2 is 2.12 bits per heavy atom. The van der Waals surface area contributed by atoms with E-state index in [-0.39, 0.29) is 24.0 Å². The van der Waals surface area contributed by atoms with Crippen LogP contribution in [0.4, 0.5) is 0 Å². The minimum absolute atomic E-state index is 0.0376. The van der Waals surface area contributed by atoms with Gasteiger partial charge in [0.15, 0.2) is 0 Å². The number of carbonyl (C=O) groups excluding carboxylic acids is 1. The monoisotopic (exact) mass is 242 g/mol. The molecule has 1 heterocycles. The second-order valence-electron chi connectivity index (χ2n) is 6.04. The SMILES string of the molecule is CC(C)(C)[C@@H](N)C(=O)N1CCCCC1CCO. The molecule has 0 radical (unpaired) electrons. The van der Waals surface area contributed by atoms with Gasteiger partial charge in [0, 0.05) is 19.2 Å². The van der Waals surface area contributed by atoms with E-state index in [1.807, 2.05) is 25.7 Å². The molecular formula is C13H26N2O2. The van der Waals surface area contributed by atoms with Crippen molar-refractivity contribution in [3.63, 3.8) is 0 Å². The molecule has 1 unspecified atom stereocenters. The first kappa shape index (κ1) is 14.5. The minimum Gasteiger partial charge on any atom is -0.396 e. The van der Waals surface area contributed by atoms with Crippen LogP contribution in [-0.4, -0.2) is 41.1 Å². The van der Waals surface area contributed by atoms with Crippen molar-refractivity contribution in [2.75, 3.05) is 13.2 Å². The Morgan fingerprint density at radius 1 is 1.47 bits per heavy atom. The van der Waals surface area contributed by atoms with Crippen LogP contribution in [0.15, 0.2) is 0 Å². The molecule has 0 spiro atoms. The fourth-order valence-electron chi connectivity index (χ4n) is 2.29. The highest BCUT2D eigenvalue weighted by atomic mass is 16.3. The maximum atomic E-state index is 12.3. The number of likely N-dealkylation sites (tertiary alicyclic amines) is 1. The van der Waals surface area contributed by atoms with Crippen LogP contribution in [0.1, 0.15) is 46.5 Å². The van der Waals surface area contributed by atoms with E-state index in [1.165, 1.54) is 0 Å². The van der Waals surface area contributed by atoms with Crippen LogP contribution in [0.25, 0.3) is 0 Å². The molecule has 0 aliphatic carbocycles. The predicted octanol–water partition coefficient (Wildman–Crippen LogP) is 1.12. The molecule has 0 saturated carbocycles. The van der Waals surface area contributed by atoms with Crippen molar-refractivity contribution >= 4 is 5.91 Å². The molecule has 17 heavy (non-hydrogen) atoms. The van der Waals surface area contributed by atoms with Gasteiger partial charge in [-0.2, -0.15) is 0 Å². The summed E-state index contributed by atoms with van der Waals surface area (Å²) in [5.41, 5.74) is 5.82. The number of amides is 1. The Kier molecular flexibility index (Phi) is 4.95. The number of piperidine rings is 1. The second-order valence-corrected chi connectivity index (χ2v) is 6.04. The average Bonchev–Trinajstić information content (AvgIpc) is 2.27. The molecule has 0 bridgehead atoms. The molecule has 1 amide bonds. The topological polar surface area (TPSA) is 66.6 Å². The summed E-state index contributed by atoms with van der Waals surface area (Å²) >= 11 is 0. The lowest BCUT2D eigenvalue weighted by atomic mass is 9.85. The van der Waals surface area contributed by atoms with Crippen molar-refractivity contribution in [3.05, 3.63) is 0 Å². The van der Waals surface area contributed by atoms with Crippen LogP contribution in [0.2, 0.25) is 0 Å². The Labute approximate surface area is 104 Å². The molecule has 0 aromatic heterocycles. The van der Waals surface area contributed by atoms with Gasteiger partial charge in [-0.15, -0.1) is 0 Å². The Hall–Kier alpha value is -0.610. The summed E-state index contributed by atoms with van der Waals surface area (Å²) < 4.78 is 0. The van der Waals surface area contributed by atoms with Gasteiger partial charge < -0.3 is 15.7 Å². The molecule has 1 fully saturated rings. The number of aliphatic hydroxyl groups is 1. The summed E-state index contributed by atoms with van der Waals surface area (Å²) in [7, 11) is 0. The average molecular weight is 242 g/mol. The summed E-state index contributed by atoms with van der Waals surface area (Å²) in [5, 5.41) is 9.05. The first-order chi connectivity index (χ1) is 7.88. The van der Waals surface area contributed by atoms with E-state index in [0.29, 0.717) is 6.42 Å². The van der Waals surface area contributed by atoms with Crippen LogP contribution < -0.4 is 5.73 Å². The molecule has 100 valence electrons. The number of nitrogens with two attached hydrogens (primary N) is 1. The van der Waals surface area contributed by atoms with Gasteiger partial charge in [-0.1, -0.05) is 20.8 Å². The van der Waals surface area contributed by atoms with Gasteiger partial charge in [0.25, 0.3) is 0 Å². The number of aliphatic hydroxyl groups excluding tert-OH is 1. The summed E-state index contributed by atoms with van der Waals surface area (Å²) in [6.45, 7) is 6.88. The highest BCUT2D eigenvalue weighted by Gasteiger charge is 2.34. The third-order valence-corrected chi connectivity index (χ3v) is 3.57. The highest BCUT2D eigenvalue weighted by molar-refractivity contribution is 5.82. The molecule has 4 nitrogen and oxygen atoms in total. The van der Waals surface area contributed by atoms with Crippen LogP contribution in [-0.2, 0) is 4.79 Å². The van der Waals surface area contributed by atoms with Gasteiger partial charge in [-0.25, -0.2) is 0 Å². The zero-order valence-corrected chi connectivity index (χ0v) is 11.3. The zero-order valence-electron chi connectivity index (χ0n) is 11.3. The van der Waals surface area contributed by atoms with E-state index >= 15 is 0 Å². The lowest BCUT2D eigenvalue weighted by Crippen LogP contribution is -2.55. The fraction of sp³-hybridized carbons (Fsp3) is 0.923. The summed E-state index contributed by atoms with van der Waals surface area (Å²) in [4.78, 5) is 14.2. The van der Waals surface area contributed by atoms with Crippen molar-refractivity contribution in [3.8, 4) is 0 Å². The summed E-state index contributed by atoms with van der Waals surface area (Å²) in [6.07, 6.45) is 3.84. The first-order valence-corrected chi connectivity index (χ1v) is 6.55. The predicted molar refractivity (Wildman–Crippen MR) is 68.5 cm³/mol. The van der Waals surface area contributed by atoms with Crippen LogP contribution in [0, 0.1) is 5.41 Å².